The Hall–Kier alpha value is -1.92. The molecule has 0 atom stereocenters. The first-order chi connectivity index (χ1) is 7.54. The van der Waals surface area contributed by atoms with E-state index < -0.39 is 6.43 Å². The van der Waals surface area contributed by atoms with Gasteiger partial charge in [0.05, 0.1) is 4.91 Å². The summed E-state index contributed by atoms with van der Waals surface area (Å²) < 4.78 is 26.1. The number of hydrogen-bond donors (Lipinski definition) is 0. The first-order valence-electron chi connectivity index (χ1n) is 4.49. The minimum absolute atomic E-state index is 0.150. The zero-order valence-electron chi connectivity index (χ0n) is 8.65. The maximum absolute atomic E-state index is 12.4. The quantitative estimate of drug-likeness (QED) is 0.581. The van der Waals surface area contributed by atoms with E-state index in [0.717, 1.165) is 0 Å². The van der Waals surface area contributed by atoms with Gasteiger partial charge in [-0.05, 0) is 6.92 Å². The SMILES string of the molecule is CO[N+](=O)c1cc(C)c2[n+](c1)C(C(F)F)=N2. The number of pyridine rings is 1. The first-order valence-corrected chi connectivity index (χ1v) is 4.49. The van der Waals surface area contributed by atoms with Gasteiger partial charge in [-0.15, -0.1) is 0 Å². The minimum atomic E-state index is -2.66. The third-order valence-corrected chi connectivity index (χ3v) is 2.25. The molecule has 0 N–H and O–H groups in total. The summed E-state index contributed by atoms with van der Waals surface area (Å²) in [5.74, 6) is 0.0769. The molecule has 84 valence electrons. The molecule has 0 saturated carbocycles. The molecular weight excluding hydrogens is 220 g/mol. The van der Waals surface area contributed by atoms with Crippen molar-refractivity contribution in [1.29, 1.82) is 0 Å². The average Bonchev–Trinajstić information content (AvgIpc) is 2.19. The summed E-state index contributed by atoms with van der Waals surface area (Å²) in [7, 11) is 1.20. The van der Waals surface area contributed by atoms with Gasteiger partial charge in [0, 0.05) is 11.6 Å². The Bertz CT molecular complexity index is 500. The molecule has 0 spiro atoms. The maximum Gasteiger partial charge on any atom is 0.348 e. The Kier molecular flexibility index (Phi) is 2.37. The molecule has 1 aliphatic heterocycles. The zero-order chi connectivity index (χ0) is 11.9. The Morgan fingerprint density at radius 1 is 1.56 bits per heavy atom. The van der Waals surface area contributed by atoms with Crippen LogP contribution < -0.4 is 4.57 Å². The lowest BCUT2D eigenvalue weighted by molar-refractivity contribution is -0.741. The average molecular weight is 229 g/mol. The smallest absolute Gasteiger partial charge is 0.230 e. The van der Waals surface area contributed by atoms with Crippen LogP contribution in [-0.4, -0.2) is 24.3 Å². The van der Waals surface area contributed by atoms with Gasteiger partial charge in [0.25, 0.3) is 10.7 Å². The maximum atomic E-state index is 12.4. The van der Waals surface area contributed by atoms with Crippen LogP contribution in [0.3, 0.4) is 0 Å². The largest absolute Gasteiger partial charge is 0.348 e. The highest BCUT2D eigenvalue weighted by atomic mass is 19.3. The highest BCUT2D eigenvalue weighted by Crippen LogP contribution is 2.25. The van der Waals surface area contributed by atoms with Crippen LogP contribution in [0.2, 0.25) is 0 Å². The fraction of sp³-hybridized carbons (Fsp3) is 0.333. The molecule has 7 heteroatoms. The number of nitrogens with zero attached hydrogens (tertiary/aromatic N) is 3. The summed E-state index contributed by atoms with van der Waals surface area (Å²) in [6.07, 6.45) is -1.39. The van der Waals surface area contributed by atoms with Gasteiger partial charge in [0.1, 0.15) is 0 Å². The molecule has 0 aromatic carbocycles. The van der Waals surface area contributed by atoms with E-state index in [1.165, 1.54) is 23.9 Å². The standard InChI is InChI=1S/C9H9F2N3O2/c1-5-3-6(14(15)16-2)4-13-8(5)12-9(13)7(10)11/h3-4,7H,1-2H3/q+2. The van der Waals surface area contributed by atoms with Crippen molar-refractivity contribution < 1.29 is 23.1 Å². The predicted molar refractivity (Wildman–Crippen MR) is 50.2 cm³/mol. The van der Waals surface area contributed by atoms with E-state index in [2.05, 4.69) is 9.83 Å². The molecule has 1 aliphatic rings. The molecule has 2 heterocycles. The van der Waals surface area contributed by atoms with Gasteiger partial charge in [-0.2, -0.15) is 13.3 Å². The molecule has 0 radical (unpaired) electrons. The minimum Gasteiger partial charge on any atom is -0.230 e. The van der Waals surface area contributed by atoms with Crippen molar-refractivity contribution in [2.24, 2.45) is 4.99 Å². The number of fused-ring (bicyclic) bond motifs is 1. The lowest BCUT2D eigenvalue weighted by Gasteiger charge is -2.13. The van der Waals surface area contributed by atoms with Crippen molar-refractivity contribution in [1.82, 2.24) is 0 Å². The lowest BCUT2D eigenvalue weighted by Crippen LogP contribution is -2.53. The molecule has 0 aliphatic carbocycles. The Labute approximate surface area is 89.5 Å². The van der Waals surface area contributed by atoms with Crippen LogP contribution in [0, 0.1) is 11.8 Å². The summed E-state index contributed by atoms with van der Waals surface area (Å²) in [6.45, 7) is 1.69. The van der Waals surface area contributed by atoms with Crippen molar-refractivity contribution in [2.75, 3.05) is 7.11 Å². The van der Waals surface area contributed by atoms with Gasteiger partial charge in [0.2, 0.25) is 0 Å². The molecule has 16 heavy (non-hydrogen) atoms. The second-order valence-corrected chi connectivity index (χ2v) is 3.29. The van der Waals surface area contributed by atoms with Crippen molar-refractivity contribution in [2.45, 2.75) is 13.3 Å². The van der Waals surface area contributed by atoms with Gasteiger partial charge in [-0.3, -0.25) is 0 Å². The van der Waals surface area contributed by atoms with Crippen LogP contribution in [0.25, 0.3) is 0 Å². The monoisotopic (exact) mass is 229 g/mol. The normalized spacial score (nSPS) is 12.9. The number of rotatable bonds is 3. The predicted octanol–water partition coefficient (Wildman–Crippen LogP) is 1.41. The molecule has 0 unspecified atom stereocenters. The Balaban J connectivity index is 2.45. The summed E-state index contributed by atoms with van der Waals surface area (Å²) in [5, 5.41) is 0. The topological polar surface area (TPSA) is 45.6 Å². The Morgan fingerprint density at radius 2 is 2.25 bits per heavy atom. The molecule has 0 bridgehead atoms. The molecule has 2 rings (SSSR count). The fourth-order valence-electron chi connectivity index (χ4n) is 1.50. The molecular formula is C9H9F2N3O2+2. The number of aryl methyl sites for hydroxylation is 1. The zero-order valence-corrected chi connectivity index (χ0v) is 8.65. The van der Waals surface area contributed by atoms with E-state index in [9.17, 15) is 13.7 Å². The van der Waals surface area contributed by atoms with E-state index in [4.69, 9.17) is 0 Å². The lowest BCUT2D eigenvalue weighted by atomic mass is 10.2. The first kappa shape index (κ1) is 10.6. The van der Waals surface area contributed by atoms with E-state index in [0.29, 0.717) is 11.4 Å². The highest BCUT2D eigenvalue weighted by molar-refractivity contribution is 5.85. The van der Waals surface area contributed by atoms with Crippen molar-refractivity contribution in [3.8, 4) is 0 Å². The van der Waals surface area contributed by atoms with E-state index in [-0.39, 0.29) is 16.4 Å². The Morgan fingerprint density at radius 3 is 2.81 bits per heavy atom. The molecule has 0 fully saturated rings. The summed E-state index contributed by atoms with van der Waals surface area (Å²) >= 11 is 0. The molecule has 0 saturated heterocycles. The van der Waals surface area contributed by atoms with Gasteiger partial charge in [-0.1, -0.05) is 4.99 Å². The van der Waals surface area contributed by atoms with Crippen LogP contribution in [0.15, 0.2) is 17.3 Å². The summed E-state index contributed by atoms with van der Waals surface area (Å²) in [6, 6.07) is 1.52. The van der Waals surface area contributed by atoms with Gasteiger partial charge < -0.3 is 0 Å². The van der Waals surface area contributed by atoms with Crippen LogP contribution in [0.1, 0.15) is 5.56 Å². The fourth-order valence-corrected chi connectivity index (χ4v) is 1.50. The van der Waals surface area contributed by atoms with Crippen LogP contribution in [0.4, 0.5) is 20.3 Å². The number of aromatic nitrogens is 1. The number of alkyl halides is 2. The molecule has 1 aromatic heterocycles. The second-order valence-electron chi connectivity index (χ2n) is 3.29. The van der Waals surface area contributed by atoms with Crippen LogP contribution >= 0.6 is 0 Å². The number of aliphatic imine (C=N–C) groups is 1. The van der Waals surface area contributed by atoms with Gasteiger partial charge in [0.15, 0.2) is 13.3 Å². The molecule has 5 nitrogen and oxygen atoms in total. The van der Waals surface area contributed by atoms with Crippen molar-refractivity contribution in [3.05, 3.63) is 22.7 Å². The number of halogens is 2. The summed E-state index contributed by atoms with van der Waals surface area (Å²) in [5.41, 5.74) is 0.789. The van der Waals surface area contributed by atoms with E-state index in [1.807, 2.05) is 0 Å². The van der Waals surface area contributed by atoms with Crippen LogP contribution in [0.5, 0.6) is 0 Å². The van der Waals surface area contributed by atoms with Crippen LogP contribution in [-0.2, 0) is 4.84 Å². The van der Waals surface area contributed by atoms with Gasteiger partial charge >= 0.3 is 17.9 Å². The van der Waals surface area contributed by atoms with Crippen molar-refractivity contribution in [3.63, 3.8) is 0 Å². The molecule has 0 amide bonds. The third-order valence-electron chi connectivity index (χ3n) is 2.25. The highest BCUT2D eigenvalue weighted by Gasteiger charge is 2.37. The van der Waals surface area contributed by atoms with E-state index >= 15 is 0 Å². The van der Waals surface area contributed by atoms with E-state index in [1.54, 1.807) is 6.92 Å². The van der Waals surface area contributed by atoms with Crippen molar-refractivity contribution >= 4 is 17.3 Å². The third kappa shape index (κ3) is 1.44. The van der Waals surface area contributed by atoms with Gasteiger partial charge in [-0.25, -0.2) is 4.84 Å². The molecule has 1 aromatic rings. The summed E-state index contributed by atoms with van der Waals surface area (Å²) in [4.78, 5) is 19.6. The second kappa shape index (κ2) is 3.58. The number of hydrogen-bond acceptors (Lipinski definition) is 3.